The molecule has 0 aliphatic rings. The topological polar surface area (TPSA) is 55.4 Å². The molecule has 17 heavy (non-hydrogen) atoms. The van der Waals surface area contributed by atoms with Crippen molar-refractivity contribution in [3.63, 3.8) is 0 Å². The summed E-state index contributed by atoms with van der Waals surface area (Å²) < 4.78 is 19.1. The fourth-order valence-corrected chi connectivity index (χ4v) is 2.42. The molecule has 1 atom stereocenters. The van der Waals surface area contributed by atoms with Crippen LogP contribution in [0.5, 0.6) is 0 Å². The van der Waals surface area contributed by atoms with Crippen LogP contribution in [0.4, 0.5) is 0 Å². The van der Waals surface area contributed by atoms with Gasteiger partial charge in [-0.15, -0.1) is 0 Å². The summed E-state index contributed by atoms with van der Waals surface area (Å²) >= 11 is 0. The Morgan fingerprint density at radius 1 is 1.35 bits per heavy atom. The molecule has 0 aliphatic heterocycles. The molecule has 0 heterocycles. The Kier molecular flexibility index (Phi) is 5.31. The number of hydrogen-bond donors (Lipinski definition) is 1. The van der Waals surface area contributed by atoms with Gasteiger partial charge >= 0.3 is 5.97 Å². The largest absolute Gasteiger partial charge is 0.465 e. The van der Waals surface area contributed by atoms with Crippen LogP contribution in [0.15, 0.2) is 24.3 Å². The molecular weight excluding hydrogens is 238 g/mol. The van der Waals surface area contributed by atoms with Crippen LogP contribution in [0.2, 0.25) is 0 Å². The molecule has 0 spiro atoms. The Labute approximate surface area is 104 Å². The van der Waals surface area contributed by atoms with Crippen molar-refractivity contribution in [2.45, 2.75) is 25.6 Å². The third-order valence-electron chi connectivity index (χ3n) is 2.04. The van der Waals surface area contributed by atoms with E-state index in [1.807, 2.05) is 13.8 Å². The summed E-state index contributed by atoms with van der Waals surface area (Å²) in [6, 6.07) is 7.10. The van der Waals surface area contributed by atoms with Crippen LogP contribution in [-0.2, 0) is 21.5 Å². The van der Waals surface area contributed by atoms with Crippen molar-refractivity contribution in [1.29, 1.82) is 0 Å². The average Bonchev–Trinajstić information content (AvgIpc) is 2.28. The number of esters is 1. The second kappa shape index (κ2) is 6.51. The highest BCUT2D eigenvalue weighted by Crippen LogP contribution is 2.07. The first-order valence-electron chi connectivity index (χ1n) is 5.34. The number of carbonyl (C=O) groups excluding carboxylic acids is 1. The summed E-state index contributed by atoms with van der Waals surface area (Å²) in [5.41, 5.74) is 1.42. The van der Waals surface area contributed by atoms with Gasteiger partial charge in [-0.25, -0.2) is 13.7 Å². The van der Waals surface area contributed by atoms with Crippen molar-refractivity contribution >= 4 is 17.0 Å². The van der Waals surface area contributed by atoms with E-state index in [0.29, 0.717) is 11.3 Å². The highest BCUT2D eigenvalue weighted by atomic mass is 32.2. The number of benzene rings is 1. The van der Waals surface area contributed by atoms with E-state index in [0.717, 1.165) is 5.56 Å². The van der Waals surface area contributed by atoms with Crippen LogP contribution in [0, 0.1) is 0 Å². The van der Waals surface area contributed by atoms with Gasteiger partial charge in [0.25, 0.3) is 0 Å². The Morgan fingerprint density at radius 3 is 2.41 bits per heavy atom. The van der Waals surface area contributed by atoms with Crippen molar-refractivity contribution in [3.8, 4) is 0 Å². The van der Waals surface area contributed by atoms with E-state index in [-0.39, 0.29) is 12.0 Å². The number of carbonyl (C=O) groups is 1. The van der Waals surface area contributed by atoms with Crippen molar-refractivity contribution in [3.05, 3.63) is 35.4 Å². The molecule has 1 unspecified atom stereocenters. The van der Waals surface area contributed by atoms with Gasteiger partial charge in [-0.2, -0.15) is 0 Å². The van der Waals surface area contributed by atoms with E-state index in [9.17, 15) is 9.00 Å². The summed E-state index contributed by atoms with van der Waals surface area (Å²) in [6.45, 7) is 3.89. The second-order valence-corrected chi connectivity index (χ2v) is 5.17. The first-order chi connectivity index (χ1) is 8.02. The van der Waals surface area contributed by atoms with Crippen molar-refractivity contribution in [1.82, 2.24) is 4.72 Å². The van der Waals surface area contributed by atoms with Crippen LogP contribution in [0.25, 0.3) is 0 Å². The Balaban J connectivity index is 2.62. The van der Waals surface area contributed by atoms with Gasteiger partial charge in [0.15, 0.2) is 0 Å². The standard InChI is InChI=1S/C12H17NO3S/c1-9(2)13-17(15)8-10-4-6-11(7-5-10)12(14)16-3/h4-7,9,13H,8H2,1-3H3. The van der Waals surface area contributed by atoms with Gasteiger partial charge < -0.3 is 4.74 Å². The molecule has 0 bridgehead atoms. The first-order valence-corrected chi connectivity index (χ1v) is 6.66. The Bertz CT molecular complexity index is 401. The van der Waals surface area contributed by atoms with Crippen LogP contribution >= 0.6 is 0 Å². The minimum Gasteiger partial charge on any atom is -0.465 e. The van der Waals surface area contributed by atoms with Crippen molar-refractivity contribution < 1.29 is 13.7 Å². The van der Waals surface area contributed by atoms with E-state index in [2.05, 4.69) is 9.46 Å². The number of hydrogen-bond acceptors (Lipinski definition) is 3. The quantitative estimate of drug-likeness (QED) is 0.814. The molecule has 1 N–H and O–H groups in total. The zero-order valence-electron chi connectivity index (χ0n) is 10.2. The summed E-state index contributed by atoms with van der Waals surface area (Å²) in [7, 11) is 0.259. The maximum absolute atomic E-state index is 11.6. The maximum atomic E-state index is 11.6. The molecule has 0 aliphatic carbocycles. The Morgan fingerprint density at radius 2 is 1.94 bits per heavy atom. The third kappa shape index (κ3) is 4.66. The fraction of sp³-hybridized carbons (Fsp3) is 0.417. The van der Waals surface area contributed by atoms with E-state index in [1.165, 1.54) is 7.11 Å². The van der Waals surface area contributed by atoms with Gasteiger partial charge in [-0.05, 0) is 31.5 Å². The summed E-state index contributed by atoms with van der Waals surface area (Å²) in [5.74, 6) is 0.0672. The smallest absolute Gasteiger partial charge is 0.337 e. The van der Waals surface area contributed by atoms with Crippen molar-refractivity contribution in [2.24, 2.45) is 0 Å². The molecule has 1 aromatic rings. The van der Waals surface area contributed by atoms with E-state index in [4.69, 9.17) is 0 Å². The number of ether oxygens (including phenoxy) is 1. The lowest BCUT2D eigenvalue weighted by molar-refractivity contribution is 0.0600. The molecule has 1 rings (SSSR count). The Hall–Kier alpha value is -1.20. The minimum atomic E-state index is -1.09. The number of methoxy groups -OCH3 is 1. The van der Waals surface area contributed by atoms with E-state index < -0.39 is 11.0 Å². The number of rotatable bonds is 5. The molecule has 5 heteroatoms. The zero-order chi connectivity index (χ0) is 12.8. The van der Waals surface area contributed by atoms with Gasteiger partial charge in [0.2, 0.25) is 0 Å². The molecule has 0 aromatic heterocycles. The first kappa shape index (κ1) is 13.9. The third-order valence-corrected chi connectivity index (χ3v) is 3.37. The summed E-state index contributed by atoms with van der Waals surface area (Å²) in [4.78, 5) is 11.2. The molecule has 0 saturated heterocycles. The molecule has 94 valence electrons. The van der Waals surface area contributed by atoms with Crippen LogP contribution in [0.3, 0.4) is 0 Å². The predicted molar refractivity (Wildman–Crippen MR) is 67.9 cm³/mol. The average molecular weight is 255 g/mol. The van der Waals surface area contributed by atoms with Crippen LogP contribution in [0.1, 0.15) is 29.8 Å². The molecule has 4 nitrogen and oxygen atoms in total. The zero-order valence-corrected chi connectivity index (χ0v) is 11.0. The van der Waals surface area contributed by atoms with Gasteiger partial charge in [0, 0.05) is 6.04 Å². The molecular formula is C12H17NO3S. The van der Waals surface area contributed by atoms with Gasteiger partial charge in [-0.1, -0.05) is 12.1 Å². The second-order valence-electron chi connectivity index (χ2n) is 3.95. The molecule has 0 amide bonds. The lowest BCUT2D eigenvalue weighted by atomic mass is 10.1. The molecule has 0 fully saturated rings. The summed E-state index contributed by atoms with van der Waals surface area (Å²) in [5, 5.41) is 0. The predicted octanol–water partition coefficient (Wildman–Crippen LogP) is 1.63. The highest BCUT2D eigenvalue weighted by molar-refractivity contribution is 7.82. The van der Waals surface area contributed by atoms with E-state index in [1.54, 1.807) is 24.3 Å². The van der Waals surface area contributed by atoms with E-state index >= 15 is 0 Å². The lowest BCUT2D eigenvalue weighted by Gasteiger charge is -2.07. The SMILES string of the molecule is COC(=O)c1ccc(CS(=O)NC(C)C)cc1. The fourth-order valence-electron chi connectivity index (χ4n) is 1.31. The van der Waals surface area contributed by atoms with Crippen LogP contribution in [-0.4, -0.2) is 23.3 Å². The summed E-state index contributed by atoms with van der Waals surface area (Å²) in [6.07, 6.45) is 0. The van der Waals surface area contributed by atoms with Gasteiger partial charge in [0.05, 0.1) is 29.4 Å². The van der Waals surface area contributed by atoms with Gasteiger partial charge in [0.1, 0.15) is 0 Å². The molecule has 0 radical (unpaired) electrons. The molecule has 1 aromatic carbocycles. The van der Waals surface area contributed by atoms with Gasteiger partial charge in [-0.3, -0.25) is 0 Å². The number of nitrogens with one attached hydrogen (secondary N) is 1. The monoisotopic (exact) mass is 255 g/mol. The molecule has 0 saturated carbocycles. The minimum absolute atomic E-state index is 0.185. The maximum Gasteiger partial charge on any atom is 0.337 e. The lowest BCUT2D eigenvalue weighted by Crippen LogP contribution is -2.26. The van der Waals surface area contributed by atoms with Crippen LogP contribution < -0.4 is 4.72 Å². The van der Waals surface area contributed by atoms with Crippen molar-refractivity contribution in [2.75, 3.05) is 7.11 Å². The normalized spacial score (nSPS) is 12.5. The highest BCUT2D eigenvalue weighted by Gasteiger charge is 2.06.